The maximum absolute atomic E-state index is 14.2. The first-order valence-corrected chi connectivity index (χ1v) is 17.5. The molecule has 48 heavy (non-hydrogen) atoms. The molecule has 0 saturated heterocycles. The predicted octanol–water partition coefficient (Wildman–Crippen LogP) is 6.46. The molecular weight excluding hydrogens is 633 g/mol. The van der Waals surface area contributed by atoms with Crippen molar-refractivity contribution in [3.05, 3.63) is 96.3 Å². The van der Waals surface area contributed by atoms with Crippen molar-refractivity contribution < 1.29 is 33.0 Å². The van der Waals surface area contributed by atoms with Crippen LogP contribution in [0.5, 0.6) is 5.75 Å². The molecule has 5 aromatic rings. The lowest BCUT2D eigenvalue weighted by Gasteiger charge is -2.33. The molecule has 0 aliphatic rings. The van der Waals surface area contributed by atoms with E-state index in [4.69, 9.17) is 29.2 Å². The van der Waals surface area contributed by atoms with Crippen LogP contribution in [0.1, 0.15) is 51.4 Å². The van der Waals surface area contributed by atoms with Crippen LogP contribution in [0.3, 0.4) is 0 Å². The minimum absolute atomic E-state index is 0.0152. The number of nitrogen functional groups attached to an aromatic ring is 1. The zero-order valence-corrected chi connectivity index (χ0v) is 28.3. The van der Waals surface area contributed by atoms with E-state index in [1.54, 1.807) is 34.9 Å². The number of nitrogens with zero attached hydrogens (tertiary/aromatic N) is 3. The summed E-state index contributed by atoms with van der Waals surface area (Å²) in [6.45, 7) is 5.74. The quantitative estimate of drug-likeness (QED) is 0.0733. The number of ether oxygens (including phenoxy) is 2. The summed E-state index contributed by atoms with van der Waals surface area (Å²) in [5, 5.41) is 15.9. The Morgan fingerprint density at radius 1 is 0.979 bits per heavy atom. The van der Waals surface area contributed by atoms with Gasteiger partial charge in [-0.1, -0.05) is 80.1 Å². The van der Waals surface area contributed by atoms with Gasteiger partial charge in [0.15, 0.2) is 5.82 Å². The number of aromatic nitrogens is 3. The fourth-order valence-corrected chi connectivity index (χ4v) is 7.01. The molecule has 0 saturated carbocycles. The molecule has 0 fully saturated rings. The van der Waals surface area contributed by atoms with Crippen molar-refractivity contribution in [3.63, 3.8) is 0 Å². The summed E-state index contributed by atoms with van der Waals surface area (Å²) in [6.07, 6.45) is 0.888. The summed E-state index contributed by atoms with van der Waals surface area (Å²) in [7, 11) is -4.19. The average Bonchev–Trinajstić information content (AvgIpc) is 3.48. The standard InChI is InChI=1S/C35H42N5O7P/c1-4-20-35(42,40-30(24-44-5-2)38-31-32(40)28-18-12-13-19-29(28)37-33(31)36)21-22-46-48(43,47-27-16-10-7-11-17-27)39-25(3)34(41)45-23-26-14-8-6-9-15-26/h6-19,25,42H,4-5,20-24H2,1-3H3,(H2,36,37)(H,39,43)/t25-,35?,48?/m0/s1. The number of hydrogen-bond acceptors (Lipinski definition) is 10. The zero-order chi connectivity index (χ0) is 34.1. The Bertz CT molecular complexity index is 1870. The second-order valence-corrected chi connectivity index (χ2v) is 13.1. The van der Waals surface area contributed by atoms with E-state index >= 15 is 0 Å². The van der Waals surface area contributed by atoms with Gasteiger partial charge in [0.1, 0.15) is 42.1 Å². The molecule has 13 heteroatoms. The number of imidazole rings is 1. The maximum atomic E-state index is 14.2. The lowest BCUT2D eigenvalue weighted by Crippen LogP contribution is -2.37. The molecular formula is C35H42N5O7P. The highest BCUT2D eigenvalue weighted by Crippen LogP contribution is 2.46. The maximum Gasteiger partial charge on any atom is 0.459 e. The molecule has 5 rings (SSSR count). The third kappa shape index (κ3) is 8.21. The minimum Gasteiger partial charge on any atom is -0.460 e. The van der Waals surface area contributed by atoms with E-state index in [0.717, 1.165) is 10.9 Å². The lowest BCUT2D eigenvalue weighted by molar-refractivity contribution is -0.146. The Balaban J connectivity index is 1.43. The number of anilines is 1. The highest BCUT2D eigenvalue weighted by atomic mass is 31.2. The van der Waals surface area contributed by atoms with Gasteiger partial charge in [-0.3, -0.25) is 13.9 Å². The van der Waals surface area contributed by atoms with Crippen molar-refractivity contribution in [2.75, 3.05) is 18.9 Å². The van der Waals surface area contributed by atoms with Gasteiger partial charge in [-0.05, 0) is 44.0 Å². The monoisotopic (exact) mass is 675 g/mol. The van der Waals surface area contributed by atoms with E-state index in [0.29, 0.717) is 41.8 Å². The van der Waals surface area contributed by atoms with Gasteiger partial charge in [0.05, 0.1) is 17.6 Å². The summed E-state index contributed by atoms with van der Waals surface area (Å²) >= 11 is 0. The van der Waals surface area contributed by atoms with Crippen LogP contribution in [0.2, 0.25) is 0 Å². The fourth-order valence-electron chi connectivity index (χ4n) is 5.52. The fraction of sp³-hybridized carbons (Fsp3) is 0.343. The molecule has 3 aromatic carbocycles. The highest BCUT2D eigenvalue weighted by Gasteiger charge is 2.37. The number of benzene rings is 3. The first-order valence-electron chi connectivity index (χ1n) is 16.0. The van der Waals surface area contributed by atoms with Crippen molar-refractivity contribution in [3.8, 4) is 5.75 Å². The third-order valence-electron chi connectivity index (χ3n) is 7.75. The molecule has 3 atom stereocenters. The van der Waals surface area contributed by atoms with E-state index < -0.39 is 25.5 Å². The molecule has 0 spiro atoms. The number of nitrogens with one attached hydrogen (secondary N) is 1. The molecule has 254 valence electrons. The Kier molecular flexibility index (Phi) is 11.5. The number of para-hydroxylation sites is 2. The molecule has 2 heterocycles. The number of aliphatic hydroxyl groups is 1. The van der Waals surface area contributed by atoms with Gasteiger partial charge in [-0.2, -0.15) is 5.09 Å². The molecule has 0 radical (unpaired) electrons. The smallest absolute Gasteiger partial charge is 0.459 e. The van der Waals surface area contributed by atoms with E-state index in [2.05, 4.69) is 10.1 Å². The number of pyridine rings is 1. The second kappa shape index (κ2) is 15.7. The molecule has 12 nitrogen and oxygen atoms in total. The minimum atomic E-state index is -4.19. The van der Waals surface area contributed by atoms with Gasteiger partial charge in [0, 0.05) is 18.4 Å². The van der Waals surface area contributed by atoms with Crippen molar-refractivity contribution in [1.82, 2.24) is 19.6 Å². The van der Waals surface area contributed by atoms with Crippen LogP contribution in [-0.2, 0) is 42.3 Å². The van der Waals surface area contributed by atoms with Gasteiger partial charge in [0.25, 0.3) is 0 Å². The van der Waals surface area contributed by atoms with Gasteiger partial charge in [-0.15, -0.1) is 0 Å². The molecule has 0 amide bonds. The number of fused-ring (bicyclic) bond motifs is 3. The molecule has 2 aromatic heterocycles. The number of carbonyl (C=O) groups is 1. The molecule has 0 bridgehead atoms. The Labute approximate surface area is 279 Å². The normalized spacial score (nSPS) is 14.8. The first-order chi connectivity index (χ1) is 23.2. The van der Waals surface area contributed by atoms with Gasteiger partial charge in [0.2, 0.25) is 0 Å². The lowest BCUT2D eigenvalue weighted by atomic mass is 10.0. The van der Waals surface area contributed by atoms with Crippen molar-refractivity contribution in [2.45, 2.75) is 65.0 Å². The van der Waals surface area contributed by atoms with E-state index in [1.807, 2.05) is 68.4 Å². The summed E-state index contributed by atoms with van der Waals surface area (Å²) < 4.78 is 39.0. The molecule has 0 aliphatic carbocycles. The number of hydrogen-bond donors (Lipinski definition) is 3. The van der Waals surface area contributed by atoms with Crippen LogP contribution in [0.25, 0.3) is 21.9 Å². The van der Waals surface area contributed by atoms with Crippen molar-refractivity contribution >= 4 is 41.5 Å². The number of nitrogens with two attached hydrogens (primary N) is 1. The predicted molar refractivity (Wildman–Crippen MR) is 184 cm³/mol. The first kappa shape index (κ1) is 35.0. The van der Waals surface area contributed by atoms with Crippen molar-refractivity contribution in [1.29, 1.82) is 0 Å². The second-order valence-electron chi connectivity index (χ2n) is 11.4. The van der Waals surface area contributed by atoms with Crippen LogP contribution in [0, 0.1) is 0 Å². The average molecular weight is 676 g/mol. The van der Waals surface area contributed by atoms with Gasteiger partial charge >= 0.3 is 13.7 Å². The van der Waals surface area contributed by atoms with Gasteiger partial charge < -0.3 is 24.8 Å². The van der Waals surface area contributed by atoms with Gasteiger partial charge in [-0.25, -0.2) is 14.5 Å². The Morgan fingerprint density at radius 3 is 2.38 bits per heavy atom. The summed E-state index contributed by atoms with van der Waals surface area (Å²) in [6, 6.07) is 24.2. The number of esters is 1. The third-order valence-corrected chi connectivity index (χ3v) is 9.43. The zero-order valence-electron chi connectivity index (χ0n) is 27.4. The van der Waals surface area contributed by atoms with E-state index in [9.17, 15) is 14.5 Å². The van der Waals surface area contributed by atoms with Crippen molar-refractivity contribution in [2.24, 2.45) is 0 Å². The topological polar surface area (TPSA) is 160 Å². The molecule has 4 N–H and O–H groups in total. The summed E-state index contributed by atoms with van der Waals surface area (Å²) in [5.74, 6) is 0.332. The van der Waals surface area contributed by atoms with Crippen LogP contribution in [0.15, 0.2) is 84.9 Å². The number of carbonyl (C=O) groups excluding carboxylic acids is 1. The number of rotatable bonds is 17. The Hall–Kier alpha value is -4.32. The SMILES string of the molecule is CCCC(O)(CCOP(=O)(N[C@@H](C)C(=O)OCc1ccccc1)Oc1ccccc1)n1c(COCC)nc2c(N)nc3ccccc3c21. The van der Waals surface area contributed by atoms with Crippen LogP contribution >= 0.6 is 7.75 Å². The largest absolute Gasteiger partial charge is 0.460 e. The van der Waals surface area contributed by atoms with Crippen LogP contribution in [-0.4, -0.2) is 44.9 Å². The molecule has 2 unspecified atom stereocenters. The van der Waals surface area contributed by atoms with E-state index in [-0.39, 0.29) is 37.8 Å². The van der Waals surface area contributed by atoms with Crippen LogP contribution < -0.4 is 15.3 Å². The van der Waals surface area contributed by atoms with Crippen LogP contribution in [0.4, 0.5) is 5.82 Å². The summed E-state index contributed by atoms with van der Waals surface area (Å²) in [5.41, 5.74) is 7.33. The highest BCUT2D eigenvalue weighted by molar-refractivity contribution is 7.52. The molecule has 0 aliphatic heterocycles. The Morgan fingerprint density at radius 2 is 1.67 bits per heavy atom. The summed E-state index contributed by atoms with van der Waals surface area (Å²) in [4.78, 5) is 22.2. The van der Waals surface area contributed by atoms with E-state index in [1.165, 1.54) is 6.92 Å².